The van der Waals surface area contributed by atoms with Crippen molar-refractivity contribution in [2.45, 2.75) is 37.9 Å². The summed E-state index contributed by atoms with van der Waals surface area (Å²) in [6, 6.07) is 17.6. The van der Waals surface area contributed by atoms with E-state index in [1.165, 1.54) is 48.2 Å². The van der Waals surface area contributed by atoms with Crippen LogP contribution < -0.4 is 10.1 Å². The maximum Gasteiger partial charge on any atom is 0.416 e. The Labute approximate surface area is 185 Å². The Bertz CT molecular complexity index is 1080. The minimum Gasteiger partial charge on any atom is -0.492 e. The van der Waals surface area contributed by atoms with Crippen molar-refractivity contribution in [3.05, 3.63) is 89.2 Å². The summed E-state index contributed by atoms with van der Waals surface area (Å²) in [4.78, 5) is 0. The molecule has 0 unspecified atom stereocenters. The molecular formula is C26H25F4NO. The molecule has 0 spiro atoms. The van der Waals surface area contributed by atoms with Gasteiger partial charge in [-0.3, -0.25) is 0 Å². The summed E-state index contributed by atoms with van der Waals surface area (Å²) >= 11 is 0. The van der Waals surface area contributed by atoms with E-state index in [9.17, 15) is 17.6 Å². The third-order valence-corrected chi connectivity index (χ3v) is 5.68. The summed E-state index contributed by atoms with van der Waals surface area (Å²) in [5.74, 6) is 0.417. The largest absolute Gasteiger partial charge is 0.492 e. The van der Waals surface area contributed by atoms with Crippen LogP contribution >= 0.6 is 0 Å². The fourth-order valence-corrected chi connectivity index (χ4v) is 3.75. The highest BCUT2D eigenvalue weighted by molar-refractivity contribution is 5.66. The third kappa shape index (κ3) is 5.68. The van der Waals surface area contributed by atoms with Crippen molar-refractivity contribution < 1.29 is 22.3 Å². The smallest absolute Gasteiger partial charge is 0.416 e. The molecule has 4 rings (SSSR count). The lowest BCUT2D eigenvalue weighted by atomic mass is 10.0. The van der Waals surface area contributed by atoms with Gasteiger partial charge in [0.15, 0.2) is 0 Å². The first-order chi connectivity index (χ1) is 15.3. The van der Waals surface area contributed by atoms with Gasteiger partial charge < -0.3 is 10.1 Å². The molecule has 0 aliphatic heterocycles. The molecule has 1 saturated carbocycles. The molecule has 1 aliphatic rings. The van der Waals surface area contributed by atoms with E-state index >= 15 is 0 Å². The maximum absolute atomic E-state index is 14.1. The Morgan fingerprint density at radius 1 is 0.969 bits per heavy atom. The molecule has 3 aromatic carbocycles. The van der Waals surface area contributed by atoms with Crippen molar-refractivity contribution >= 4 is 0 Å². The minimum absolute atomic E-state index is 0.144. The van der Waals surface area contributed by atoms with Crippen LogP contribution in [0.1, 0.15) is 48.4 Å². The van der Waals surface area contributed by atoms with Crippen LogP contribution in [0.2, 0.25) is 0 Å². The van der Waals surface area contributed by atoms with Crippen molar-refractivity contribution in [2.75, 3.05) is 13.2 Å². The summed E-state index contributed by atoms with van der Waals surface area (Å²) in [5.41, 5.74) is 2.45. The second-order valence-corrected chi connectivity index (χ2v) is 8.22. The molecule has 0 radical (unpaired) electrons. The maximum atomic E-state index is 14.1. The SMILES string of the molecule is C[C@@H](NCCOc1cc(F)cc(-c2cccc(C(F)(F)F)c2)c1)c1cccc(C2CC2)c1. The number of rotatable bonds is 8. The topological polar surface area (TPSA) is 21.3 Å². The molecular weight excluding hydrogens is 418 g/mol. The Hall–Kier alpha value is -2.86. The number of nitrogens with one attached hydrogen (secondary N) is 1. The first-order valence-corrected chi connectivity index (χ1v) is 10.7. The molecule has 2 nitrogen and oxygen atoms in total. The van der Waals surface area contributed by atoms with Gasteiger partial charge in [-0.15, -0.1) is 0 Å². The van der Waals surface area contributed by atoms with Gasteiger partial charge in [0, 0.05) is 18.7 Å². The number of benzene rings is 3. The fourth-order valence-electron chi connectivity index (χ4n) is 3.75. The normalized spacial score (nSPS) is 14.9. The predicted molar refractivity (Wildman–Crippen MR) is 117 cm³/mol. The van der Waals surface area contributed by atoms with Gasteiger partial charge in [-0.2, -0.15) is 13.2 Å². The van der Waals surface area contributed by atoms with Crippen molar-refractivity contribution in [1.29, 1.82) is 0 Å². The highest BCUT2D eigenvalue weighted by Gasteiger charge is 2.30. The average Bonchev–Trinajstić information content (AvgIpc) is 3.61. The molecule has 0 bridgehead atoms. The van der Waals surface area contributed by atoms with E-state index in [4.69, 9.17) is 4.74 Å². The van der Waals surface area contributed by atoms with Crippen LogP contribution in [0, 0.1) is 5.82 Å². The van der Waals surface area contributed by atoms with E-state index in [2.05, 4.69) is 36.5 Å². The van der Waals surface area contributed by atoms with E-state index in [0.717, 1.165) is 12.1 Å². The van der Waals surface area contributed by atoms with Crippen molar-refractivity contribution in [1.82, 2.24) is 5.32 Å². The summed E-state index contributed by atoms with van der Waals surface area (Å²) < 4.78 is 58.8. The zero-order valence-electron chi connectivity index (χ0n) is 17.8. The molecule has 1 fully saturated rings. The summed E-state index contributed by atoms with van der Waals surface area (Å²) in [6.07, 6.45) is -1.94. The van der Waals surface area contributed by atoms with Gasteiger partial charge in [0.25, 0.3) is 0 Å². The third-order valence-electron chi connectivity index (χ3n) is 5.68. The quantitative estimate of drug-likeness (QED) is 0.296. The van der Waals surface area contributed by atoms with Gasteiger partial charge in [0.1, 0.15) is 18.2 Å². The molecule has 3 aromatic rings. The number of hydrogen-bond donors (Lipinski definition) is 1. The molecule has 1 aliphatic carbocycles. The van der Waals surface area contributed by atoms with Crippen molar-refractivity contribution in [3.8, 4) is 16.9 Å². The van der Waals surface area contributed by atoms with Crippen LogP contribution in [-0.2, 0) is 6.18 Å². The lowest BCUT2D eigenvalue weighted by Gasteiger charge is -2.16. The molecule has 6 heteroatoms. The molecule has 0 aromatic heterocycles. The molecule has 1 atom stereocenters. The van der Waals surface area contributed by atoms with Crippen LogP contribution in [0.4, 0.5) is 17.6 Å². The highest BCUT2D eigenvalue weighted by atomic mass is 19.4. The zero-order chi connectivity index (χ0) is 22.7. The number of halogens is 4. The number of hydrogen-bond acceptors (Lipinski definition) is 2. The second-order valence-electron chi connectivity index (χ2n) is 8.22. The Morgan fingerprint density at radius 2 is 1.75 bits per heavy atom. The Balaban J connectivity index is 1.36. The molecule has 32 heavy (non-hydrogen) atoms. The second kappa shape index (κ2) is 9.33. The van der Waals surface area contributed by atoms with Crippen LogP contribution in [0.25, 0.3) is 11.1 Å². The van der Waals surface area contributed by atoms with Crippen LogP contribution in [0.15, 0.2) is 66.7 Å². The monoisotopic (exact) mass is 443 g/mol. The van der Waals surface area contributed by atoms with Gasteiger partial charge in [-0.1, -0.05) is 36.4 Å². The molecule has 0 heterocycles. The molecule has 1 N–H and O–H groups in total. The van der Waals surface area contributed by atoms with E-state index in [-0.39, 0.29) is 17.4 Å². The predicted octanol–water partition coefficient (Wildman–Crippen LogP) is 7.12. The first-order valence-electron chi connectivity index (χ1n) is 10.7. The van der Waals surface area contributed by atoms with E-state index < -0.39 is 17.6 Å². The molecule has 0 saturated heterocycles. The summed E-state index contributed by atoms with van der Waals surface area (Å²) in [6.45, 7) is 2.93. The lowest BCUT2D eigenvalue weighted by molar-refractivity contribution is -0.137. The minimum atomic E-state index is -4.46. The van der Waals surface area contributed by atoms with E-state index in [0.29, 0.717) is 24.6 Å². The standard InChI is InChI=1S/C26H25F4NO/c1-17(19-4-2-5-20(12-19)18-8-9-18)31-10-11-32-25-15-22(14-24(27)16-25)21-6-3-7-23(13-21)26(28,29)30/h2-7,12-18,31H,8-11H2,1H3/t17-/m1/s1. The van der Waals surface area contributed by atoms with Crippen LogP contribution in [0.3, 0.4) is 0 Å². The van der Waals surface area contributed by atoms with Gasteiger partial charge in [-0.25, -0.2) is 4.39 Å². The van der Waals surface area contributed by atoms with Crippen LogP contribution in [0.5, 0.6) is 5.75 Å². The van der Waals surface area contributed by atoms with Gasteiger partial charge in [-0.05, 0) is 72.2 Å². The first kappa shape index (κ1) is 22.3. The fraction of sp³-hybridized carbons (Fsp3) is 0.308. The lowest BCUT2D eigenvalue weighted by Crippen LogP contribution is -2.24. The Kier molecular flexibility index (Phi) is 6.51. The molecule has 168 valence electrons. The van der Waals surface area contributed by atoms with Gasteiger partial charge in [0.2, 0.25) is 0 Å². The summed E-state index contributed by atoms with van der Waals surface area (Å²) in [7, 11) is 0. The van der Waals surface area contributed by atoms with E-state index in [1.54, 1.807) is 6.07 Å². The number of alkyl halides is 3. The number of ether oxygens (including phenoxy) is 1. The zero-order valence-corrected chi connectivity index (χ0v) is 17.8. The summed E-state index contributed by atoms with van der Waals surface area (Å²) in [5, 5.41) is 3.40. The van der Waals surface area contributed by atoms with Crippen molar-refractivity contribution in [3.63, 3.8) is 0 Å². The Morgan fingerprint density at radius 3 is 2.50 bits per heavy atom. The van der Waals surface area contributed by atoms with Gasteiger partial charge in [0.05, 0.1) is 5.56 Å². The molecule has 0 amide bonds. The van der Waals surface area contributed by atoms with Crippen molar-refractivity contribution in [2.24, 2.45) is 0 Å². The van der Waals surface area contributed by atoms with Crippen LogP contribution in [-0.4, -0.2) is 13.2 Å². The average molecular weight is 443 g/mol. The van der Waals surface area contributed by atoms with E-state index in [1.807, 2.05) is 0 Å². The highest BCUT2D eigenvalue weighted by Crippen LogP contribution is 2.40. The van der Waals surface area contributed by atoms with Gasteiger partial charge >= 0.3 is 6.18 Å².